The zero-order valence-corrected chi connectivity index (χ0v) is 12.5. The van der Waals surface area contributed by atoms with Crippen LogP contribution in [0, 0.1) is 11.8 Å². The number of nitrogens with two attached hydrogens (primary N) is 1. The van der Waals surface area contributed by atoms with Crippen molar-refractivity contribution >= 4 is 10.8 Å². The van der Waals surface area contributed by atoms with Gasteiger partial charge in [-0.05, 0) is 44.6 Å². The zero-order valence-electron chi connectivity index (χ0n) is 11.6. The van der Waals surface area contributed by atoms with E-state index in [1.54, 1.807) is 0 Å². The largest absolute Gasteiger partial charge is 0.377 e. The van der Waals surface area contributed by atoms with Gasteiger partial charge in [0.2, 0.25) is 0 Å². The van der Waals surface area contributed by atoms with Crippen molar-refractivity contribution in [3.63, 3.8) is 0 Å². The van der Waals surface area contributed by atoms with Crippen molar-refractivity contribution in [3.05, 3.63) is 0 Å². The van der Waals surface area contributed by atoms with Crippen LogP contribution >= 0.6 is 0 Å². The minimum Gasteiger partial charge on any atom is -0.377 e. The molecule has 0 amide bonds. The second kappa shape index (κ2) is 6.49. The normalized spacial score (nSPS) is 42.9. The van der Waals surface area contributed by atoms with Crippen LogP contribution in [-0.4, -0.2) is 34.0 Å². The van der Waals surface area contributed by atoms with Gasteiger partial charge < -0.3 is 10.5 Å². The molecule has 6 unspecified atom stereocenters. The lowest BCUT2D eigenvalue weighted by molar-refractivity contribution is 0.126. The van der Waals surface area contributed by atoms with Crippen molar-refractivity contribution in [2.45, 2.75) is 62.6 Å². The van der Waals surface area contributed by atoms with Crippen LogP contribution in [0.4, 0.5) is 0 Å². The lowest BCUT2D eigenvalue weighted by Gasteiger charge is -2.36. The highest BCUT2D eigenvalue weighted by Crippen LogP contribution is 2.36. The lowest BCUT2D eigenvalue weighted by atomic mass is 9.80. The molecule has 2 N–H and O–H groups in total. The van der Waals surface area contributed by atoms with Crippen molar-refractivity contribution in [2.24, 2.45) is 17.6 Å². The van der Waals surface area contributed by atoms with E-state index in [4.69, 9.17) is 10.5 Å². The smallest absolute Gasteiger partial charge is 0.0691 e. The highest BCUT2D eigenvalue weighted by Gasteiger charge is 2.39. The average Bonchev–Trinajstić information content (AvgIpc) is 2.83. The minimum absolute atomic E-state index is 0.159. The summed E-state index contributed by atoms with van der Waals surface area (Å²) in [6, 6.07) is 0. The fraction of sp³-hybridized carbons (Fsp3) is 1.00. The molecule has 0 aromatic heterocycles. The van der Waals surface area contributed by atoms with Crippen LogP contribution in [0.15, 0.2) is 0 Å². The predicted octanol–water partition coefficient (Wildman–Crippen LogP) is 2.07. The molecular weight excluding hydrogens is 246 g/mol. The van der Waals surface area contributed by atoms with Crippen LogP contribution in [0.1, 0.15) is 46.0 Å². The molecule has 2 fully saturated rings. The molecule has 4 heteroatoms. The van der Waals surface area contributed by atoms with E-state index in [0.29, 0.717) is 17.7 Å². The highest BCUT2D eigenvalue weighted by molar-refractivity contribution is 7.86. The third-order valence-electron chi connectivity index (χ3n) is 4.82. The van der Waals surface area contributed by atoms with Gasteiger partial charge in [0.25, 0.3) is 0 Å². The van der Waals surface area contributed by atoms with Gasteiger partial charge in [-0.1, -0.05) is 19.8 Å². The van der Waals surface area contributed by atoms with Crippen molar-refractivity contribution in [1.82, 2.24) is 0 Å². The quantitative estimate of drug-likeness (QED) is 0.853. The van der Waals surface area contributed by atoms with E-state index in [0.717, 1.165) is 31.8 Å². The number of ether oxygens (including phenoxy) is 1. The van der Waals surface area contributed by atoms with Crippen molar-refractivity contribution in [3.8, 4) is 0 Å². The van der Waals surface area contributed by atoms with Crippen LogP contribution in [0.5, 0.6) is 0 Å². The summed E-state index contributed by atoms with van der Waals surface area (Å²) in [6.07, 6.45) is 5.86. The standard InChI is InChI=1S/C14H27NO2S/c1-3-11-4-5-12(9-15)14(8-11)18(16)13-6-7-17-10(13)2/h10-14H,3-9,15H2,1-2H3. The molecule has 1 aliphatic carbocycles. The first kappa shape index (κ1) is 14.5. The molecule has 1 heterocycles. The van der Waals surface area contributed by atoms with Gasteiger partial charge in [0.15, 0.2) is 0 Å². The first-order valence-electron chi connectivity index (χ1n) is 7.38. The van der Waals surface area contributed by atoms with Crippen molar-refractivity contribution in [1.29, 1.82) is 0 Å². The topological polar surface area (TPSA) is 52.3 Å². The fourth-order valence-electron chi connectivity index (χ4n) is 3.44. The second-order valence-electron chi connectivity index (χ2n) is 5.85. The van der Waals surface area contributed by atoms with Crippen LogP contribution in [0.2, 0.25) is 0 Å². The summed E-state index contributed by atoms with van der Waals surface area (Å²) in [5, 5.41) is 0.544. The van der Waals surface area contributed by atoms with Gasteiger partial charge in [-0.15, -0.1) is 0 Å². The number of hydrogen-bond acceptors (Lipinski definition) is 3. The Morgan fingerprint density at radius 1 is 1.28 bits per heavy atom. The van der Waals surface area contributed by atoms with E-state index in [-0.39, 0.29) is 11.4 Å². The molecule has 6 atom stereocenters. The van der Waals surface area contributed by atoms with Crippen LogP contribution in [0.25, 0.3) is 0 Å². The summed E-state index contributed by atoms with van der Waals surface area (Å²) in [4.78, 5) is 0. The van der Waals surface area contributed by atoms with Gasteiger partial charge in [-0.3, -0.25) is 4.21 Å². The van der Waals surface area contributed by atoms with Crippen molar-refractivity contribution in [2.75, 3.05) is 13.2 Å². The van der Waals surface area contributed by atoms with E-state index in [9.17, 15) is 4.21 Å². The molecule has 2 rings (SSSR count). The first-order valence-corrected chi connectivity index (χ1v) is 8.66. The van der Waals surface area contributed by atoms with Gasteiger partial charge in [0, 0.05) is 22.7 Å². The molecule has 0 radical (unpaired) electrons. The van der Waals surface area contributed by atoms with Crippen LogP contribution in [0.3, 0.4) is 0 Å². The van der Waals surface area contributed by atoms with E-state index in [1.165, 1.54) is 12.8 Å². The molecule has 0 bridgehead atoms. The summed E-state index contributed by atoms with van der Waals surface area (Å²) < 4.78 is 18.4. The maximum Gasteiger partial charge on any atom is 0.0691 e. The number of rotatable bonds is 4. The molecule has 1 saturated carbocycles. The van der Waals surface area contributed by atoms with E-state index in [1.807, 2.05) is 0 Å². The molecule has 1 aliphatic heterocycles. The second-order valence-corrected chi connectivity index (χ2v) is 7.72. The molecule has 0 aromatic rings. The fourth-order valence-corrected chi connectivity index (χ4v) is 5.76. The summed E-state index contributed by atoms with van der Waals surface area (Å²) in [7, 11) is -0.769. The van der Waals surface area contributed by atoms with Gasteiger partial charge in [-0.2, -0.15) is 0 Å². The van der Waals surface area contributed by atoms with E-state index >= 15 is 0 Å². The Bertz CT molecular complexity index is 298. The third kappa shape index (κ3) is 2.97. The Labute approximate surface area is 113 Å². The third-order valence-corrected chi connectivity index (χ3v) is 7.21. The van der Waals surface area contributed by atoms with Gasteiger partial charge in [-0.25, -0.2) is 0 Å². The van der Waals surface area contributed by atoms with E-state index in [2.05, 4.69) is 13.8 Å². The number of hydrogen-bond donors (Lipinski definition) is 1. The summed E-state index contributed by atoms with van der Waals surface area (Å²) in [6.45, 7) is 5.77. The first-order chi connectivity index (χ1) is 8.67. The molecule has 18 heavy (non-hydrogen) atoms. The Hall–Kier alpha value is 0.0700. The maximum absolute atomic E-state index is 12.8. The summed E-state index contributed by atoms with van der Waals surface area (Å²) in [5.41, 5.74) is 5.89. The molecule has 3 nitrogen and oxygen atoms in total. The Morgan fingerprint density at radius 3 is 2.61 bits per heavy atom. The van der Waals surface area contributed by atoms with Crippen LogP contribution < -0.4 is 5.73 Å². The Balaban J connectivity index is 2.05. The van der Waals surface area contributed by atoms with E-state index < -0.39 is 10.8 Å². The lowest BCUT2D eigenvalue weighted by Crippen LogP contribution is -2.42. The molecule has 0 aromatic carbocycles. The van der Waals surface area contributed by atoms with Crippen LogP contribution in [-0.2, 0) is 15.5 Å². The molecular formula is C14H27NO2S. The van der Waals surface area contributed by atoms with Crippen molar-refractivity contribution < 1.29 is 8.95 Å². The minimum atomic E-state index is -0.769. The molecule has 0 spiro atoms. The summed E-state index contributed by atoms with van der Waals surface area (Å²) in [5.74, 6) is 1.21. The summed E-state index contributed by atoms with van der Waals surface area (Å²) >= 11 is 0. The van der Waals surface area contributed by atoms with Gasteiger partial charge in [0.05, 0.1) is 11.4 Å². The molecule has 1 saturated heterocycles. The Morgan fingerprint density at radius 2 is 2.06 bits per heavy atom. The highest BCUT2D eigenvalue weighted by atomic mass is 32.2. The Kier molecular flexibility index (Phi) is 5.22. The van der Waals surface area contributed by atoms with Gasteiger partial charge >= 0.3 is 0 Å². The SMILES string of the molecule is CCC1CCC(CN)C(S(=O)C2CCOC2C)C1. The predicted molar refractivity (Wildman–Crippen MR) is 75.9 cm³/mol. The zero-order chi connectivity index (χ0) is 13.1. The van der Waals surface area contributed by atoms with Gasteiger partial charge in [0.1, 0.15) is 0 Å². The molecule has 2 aliphatic rings. The monoisotopic (exact) mass is 273 g/mol. The molecule has 106 valence electrons. The average molecular weight is 273 g/mol. The maximum atomic E-state index is 12.8.